The summed E-state index contributed by atoms with van der Waals surface area (Å²) in [6.45, 7) is 2.04. The minimum atomic E-state index is -0.247. The molecule has 0 fully saturated rings. The molecule has 0 unspecified atom stereocenters. The van der Waals surface area contributed by atoms with E-state index in [0.717, 1.165) is 29.0 Å². The van der Waals surface area contributed by atoms with Crippen LogP contribution in [0.3, 0.4) is 0 Å². The normalized spacial score (nSPS) is 11.1. The summed E-state index contributed by atoms with van der Waals surface area (Å²) in [5, 5.41) is 3.18. The summed E-state index contributed by atoms with van der Waals surface area (Å²) in [7, 11) is 0. The molecule has 2 heterocycles. The first kappa shape index (κ1) is 12.0. The van der Waals surface area contributed by atoms with E-state index in [2.05, 4.69) is 10.1 Å². The topological polar surface area (TPSA) is 33.1 Å². The molecule has 0 bridgehead atoms. The number of halogens is 1. The molecule has 5 heteroatoms. The largest absolute Gasteiger partial charge is 0.291 e. The van der Waals surface area contributed by atoms with Crippen molar-refractivity contribution >= 4 is 17.9 Å². The number of rotatable bonds is 2. The van der Waals surface area contributed by atoms with Gasteiger partial charge in [0.15, 0.2) is 5.65 Å². The Kier molecular flexibility index (Phi) is 2.91. The lowest BCUT2D eigenvalue weighted by atomic mass is 10.1. The third-order valence-corrected chi connectivity index (χ3v) is 3.32. The van der Waals surface area contributed by atoms with Crippen LogP contribution in [0, 0.1) is 10.5 Å². The van der Waals surface area contributed by atoms with E-state index in [4.69, 9.17) is 12.2 Å². The first-order valence-electron chi connectivity index (χ1n) is 6.05. The number of H-pyrrole nitrogens is 1. The smallest absolute Gasteiger partial charge is 0.155 e. The molecule has 1 N–H and O–H groups in total. The molecule has 1 aromatic carbocycles. The SMILES string of the molecule is CCc1cc(=S)n2[nH]c(-c3ccc(F)cc3)cc2n1. The van der Waals surface area contributed by atoms with Crippen molar-refractivity contribution in [2.24, 2.45) is 0 Å². The number of hydrogen-bond donors (Lipinski definition) is 1. The van der Waals surface area contributed by atoms with E-state index < -0.39 is 0 Å². The van der Waals surface area contributed by atoms with Crippen molar-refractivity contribution in [3.8, 4) is 11.3 Å². The van der Waals surface area contributed by atoms with Gasteiger partial charge < -0.3 is 0 Å². The van der Waals surface area contributed by atoms with E-state index >= 15 is 0 Å². The number of aryl methyl sites for hydroxylation is 1. The Morgan fingerprint density at radius 2 is 2.00 bits per heavy atom. The van der Waals surface area contributed by atoms with Crippen LogP contribution in [-0.4, -0.2) is 14.6 Å². The van der Waals surface area contributed by atoms with Gasteiger partial charge in [0.05, 0.1) is 5.69 Å². The summed E-state index contributed by atoms with van der Waals surface area (Å²) in [6.07, 6.45) is 0.844. The highest BCUT2D eigenvalue weighted by Gasteiger charge is 2.06. The van der Waals surface area contributed by atoms with Crippen molar-refractivity contribution in [2.75, 3.05) is 0 Å². The van der Waals surface area contributed by atoms with Gasteiger partial charge in [-0.3, -0.25) is 5.10 Å². The van der Waals surface area contributed by atoms with E-state index in [1.54, 1.807) is 16.6 Å². The Balaban J connectivity index is 2.18. The standard InChI is InChI=1S/C14H12FN3S/c1-2-11-7-14(19)18-13(16-11)8-12(17-18)9-3-5-10(15)6-4-9/h3-8,17H,2H2,1H3. The van der Waals surface area contributed by atoms with Gasteiger partial charge in [0, 0.05) is 11.8 Å². The lowest BCUT2D eigenvalue weighted by Crippen LogP contribution is -1.95. The number of aromatic amines is 1. The number of aromatic nitrogens is 3. The Morgan fingerprint density at radius 1 is 1.26 bits per heavy atom. The Morgan fingerprint density at radius 3 is 2.68 bits per heavy atom. The summed E-state index contributed by atoms with van der Waals surface area (Å²) in [6, 6.07) is 10.1. The zero-order valence-electron chi connectivity index (χ0n) is 10.4. The second-order valence-electron chi connectivity index (χ2n) is 4.31. The summed E-state index contributed by atoms with van der Waals surface area (Å²) in [5.74, 6) is -0.247. The van der Waals surface area contributed by atoms with Crippen LogP contribution in [0.15, 0.2) is 36.4 Å². The molecular weight excluding hydrogens is 261 g/mol. The Bertz CT molecular complexity index is 787. The maximum absolute atomic E-state index is 12.9. The zero-order chi connectivity index (χ0) is 13.4. The third-order valence-electron chi connectivity index (χ3n) is 3.02. The van der Waals surface area contributed by atoms with Crippen LogP contribution < -0.4 is 0 Å². The van der Waals surface area contributed by atoms with Crippen LogP contribution in [0.4, 0.5) is 4.39 Å². The van der Waals surface area contributed by atoms with E-state index in [9.17, 15) is 4.39 Å². The van der Waals surface area contributed by atoms with Gasteiger partial charge in [0.25, 0.3) is 0 Å². The van der Waals surface area contributed by atoms with Crippen LogP contribution in [0.1, 0.15) is 12.6 Å². The third kappa shape index (κ3) is 2.17. The van der Waals surface area contributed by atoms with Crippen molar-refractivity contribution in [3.05, 3.63) is 52.5 Å². The Hall–Kier alpha value is -2.01. The van der Waals surface area contributed by atoms with Gasteiger partial charge in [-0.15, -0.1) is 0 Å². The number of nitrogens with zero attached hydrogens (tertiary/aromatic N) is 2. The highest BCUT2D eigenvalue weighted by Crippen LogP contribution is 2.19. The van der Waals surface area contributed by atoms with Gasteiger partial charge >= 0.3 is 0 Å². The molecule has 0 aliphatic heterocycles. The van der Waals surface area contributed by atoms with E-state index in [1.165, 1.54) is 12.1 Å². The zero-order valence-corrected chi connectivity index (χ0v) is 11.2. The highest BCUT2D eigenvalue weighted by molar-refractivity contribution is 7.71. The first-order chi connectivity index (χ1) is 9.17. The molecule has 0 saturated carbocycles. The van der Waals surface area contributed by atoms with Gasteiger partial charge in [-0.1, -0.05) is 19.1 Å². The fourth-order valence-corrected chi connectivity index (χ4v) is 2.27. The first-order valence-corrected chi connectivity index (χ1v) is 6.46. The molecule has 0 amide bonds. The van der Waals surface area contributed by atoms with Gasteiger partial charge in [-0.2, -0.15) is 0 Å². The molecule has 2 aromatic heterocycles. The van der Waals surface area contributed by atoms with Gasteiger partial charge in [-0.25, -0.2) is 13.9 Å². The van der Waals surface area contributed by atoms with Crippen LogP contribution in [0.25, 0.3) is 16.9 Å². The second kappa shape index (κ2) is 4.59. The molecule has 0 spiro atoms. The molecule has 3 rings (SSSR count). The molecule has 0 aliphatic rings. The summed E-state index contributed by atoms with van der Waals surface area (Å²) < 4.78 is 15.4. The molecular formula is C14H12FN3S. The molecule has 0 atom stereocenters. The van der Waals surface area contributed by atoms with E-state index in [-0.39, 0.29) is 5.82 Å². The van der Waals surface area contributed by atoms with Crippen molar-refractivity contribution in [1.29, 1.82) is 0 Å². The predicted molar refractivity (Wildman–Crippen MR) is 75.1 cm³/mol. The maximum atomic E-state index is 12.9. The minimum absolute atomic E-state index is 0.247. The molecule has 96 valence electrons. The van der Waals surface area contributed by atoms with E-state index in [1.807, 2.05) is 19.1 Å². The summed E-state index contributed by atoms with van der Waals surface area (Å²) in [4.78, 5) is 4.51. The number of hydrogen-bond acceptors (Lipinski definition) is 2. The minimum Gasteiger partial charge on any atom is -0.291 e. The van der Waals surface area contributed by atoms with Gasteiger partial charge in [-0.05, 0) is 42.3 Å². The van der Waals surface area contributed by atoms with Crippen molar-refractivity contribution in [1.82, 2.24) is 14.6 Å². The fourth-order valence-electron chi connectivity index (χ4n) is 2.00. The van der Waals surface area contributed by atoms with Crippen LogP contribution in [0.5, 0.6) is 0 Å². The number of benzene rings is 1. The van der Waals surface area contributed by atoms with Crippen LogP contribution in [-0.2, 0) is 6.42 Å². The van der Waals surface area contributed by atoms with Crippen LogP contribution in [0.2, 0.25) is 0 Å². The maximum Gasteiger partial charge on any atom is 0.155 e. The summed E-state index contributed by atoms with van der Waals surface area (Å²) in [5.41, 5.74) is 3.52. The van der Waals surface area contributed by atoms with Gasteiger partial charge in [0.2, 0.25) is 0 Å². The average Bonchev–Trinajstić information content (AvgIpc) is 2.84. The molecule has 0 aliphatic carbocycles. The fraction of sp³-hybridized carbons (Fsp3) is 0.143. The number of fused-ring (bicyclic) bond motifs is 1. The average molecular weight is 273 g/mol. The number of nitrogens with one attached hydrogen (secondary N) is 1. The Labute approximate surface area is 114 Å². The second-order valence-corrected chi connectivity index (χ2v) is 4.73. The van der Waals surface area contributed by atoms with Crippen molar-refractivity contribution in [2.45, 2.75) is 13.3 Å². The molecule has 0 saturated heterocycles. The van der Waals surface area contributed by atoms with Crippen LogP contribution >= 0.6 is 12.2 Å². The molecule has 19 heavy (non-hydrogen) atoms. The molecule has 3 aromatic rings. The summed E-state index contributed by atoms with van der Waals surface area (Å²) >= 11 is 5.32. The van der Waals surface area contributed by atoms with Crippen molar-refractivity contribution in [3.63, 3.8) is 0 Å². The monoisotopic (exact) mass is 273 g/mol. The quantitative estimate of drug-likeness (QED) is 0.721. The lowest BCUT2D eigenvalue weighted by Gasteiger charge is -1.98. The van der Waals surface area contributed by atoms with Gasteiger partial charge in [0.1, 0.15) is 10.5 Å². The predicted octanol–water partition coefficient (Wildman–Crippen LogP) is 3.76. The van der Waals surface area contributed by atoms with Crippen molar-refractivity contribution < 1.29 is 4.39 Å². The lowest BCUT2D eigenvalue weighted by molar-refractivity contribution is 0.628. The molecule has 0 radical (unpaired) electrons. The molecule has 3 nitrogen and oxygen atoms in total. The highest BCUT2D eigenvalue weighted by atomic mass is 32.1. The van der Waals surface area contributed by atoms with E-state index in [0.29, 0.717) is 4.64 Å².